The lowest BCUT2D eigenvalue weighted by Gasteiger charge is -2.20. The summed E-state index contributed by atoms with van der Waals surface area (Å²) in [6, 6.07) is 7.17. The molecule has 2 aromatic heterocycles. The van der Waals surface area contributed by atoms with Gasteiger partial charge in [0.1, 0.15) is 37.0 Å². The molecule has 0 spiro atoms. The van der Waals surface area contributed by atoms with Crippen LogP contribution in [0.1, 0.15) is 16.4 Å². The van der Waals surface area contributed by atoms with Crippen LogP contribution in [0.4, 0.5) is 5.69 Å². The van der Waals surface area contributed by atoms with E-state index in [2.05, 4.69) is 19.6 Å². The minimum absolute atomic E-state index is 0.217. The number of hydrogen-bond donors (Lipinski definition) is 5. The Morgan fingerprint density at radius 2 is 1.81 bits per heavy atom. The van der Waals surface area contributed by atoms with Gasteiger partial charge in [0.05, 0.1) is 6.54 Å². The van der Waals surface area contributed by atoms with Crippen LogP contribution in [-0.2, 0) is 51.7 Å². The molecule has 15 heteroatoms. The first-order chi connectivity index (χ1) is 17.7. The summed E-state index contributed by atoms with van der Waals surface area (Å²) in [5.74, 6) is -2.53. The molecule has 0 saturated carbocycles. The molecule has 3 rings (SSSR count). The zero-order valence-electron chi connectivity index (χ0n) is 19.6. The molecule has 1 amide bonds. The number of rotatable bonds is 15. The highest BCUT2D eigenvalue weighted by atomic mass is 32.2. The maximum absolute atomic E-state index is 12.7. The molecule has 0 aliphatic heterocycles. The highest BCUT2D eigenvalue weighted by Gasteiger charge is 2.24. The summed E-state index contributed by atoms with van der Waals surface area (Å²) in [4.78, 5) is 45.2. The Hall–Kier alpha value is -3.66. The summed E-state index contributed by atoms with van der Waals surface area (Å²) in [6.45, 7) is -0.0202. The second kappa shape index (κ2) is 13.6. The van der Waals surface area contributed by atoms with Crippen molar-refractivity contribution in [2.45, 2.75) is 26.1 Å². The van der Waals surface area contributed by atoms with Crippen molar-refractivity contribution < 1.29 is 37.9 Å². The van der Waals surface area contributed by atoms with E-state index < -0.39 is 42.2 Å². The van der Waals surface area contributed by atoms with Crippen molar-refractivity contribution in [2.24, 2.45) is 0 Å². The summed E-state index contributed by atoms with van der Waals surface area (Å²) in [5, 5.41) is 20.9. The van der Waals surface area contributed by atoms with Gasteiger partial charge in [0.25, 0.3) is 23.0 Å². The summed E-state index contributed by atoms with van der Waals surface area (Å²) in [6.07, 6.45) is 5.70. The first-order valence-corrected chi connectivity index (χ1v) is 13.0. The van der Waals surface area contributed by atoms with Crippen LogP contribution in [0.15, 0.2) is 48.2 Å². The zero-order chi connectivity index (χ0) is 26.8. The summed E-state index contributed by atoms with van der Waals surface area (Å²) >= 11 is -0.622. The number of amides is 1. The fourth-order valence-corrected chi connectivity index (χ4v) is 4.56. The van der Waals surface area contributed by atoms with Crippen molar-refractivity contribution in [3.05, 3.63) is 64.6 Å². The molecule has 37 heavy (non-hydrogen) atoms. The molecular weight excluding hydrogens is 524 g/mol. The number of carboxylic acids is 2. The fourth-order valence-electron chi connectivity index (χ4n) is 3.56. The van der Waals surface area contributed by atoms with Crippen molar-refractivity contribution in [1.29, 1.82) is 0 Å². The summed E-state index contributed by atoms with van der Waals surface area (Å²) in [7, 11) is 0. The molecule has 0 saturated heterocycles. The molecular formula is C22H27N6O7S2+. The second-order valence-electron chi connectivity index (χ2n) is 8.01. The number of imidazole rings is 1. The average Bonchev–Trinajstić information content (AvgIpc) is 3.49. The molecule has 5 N–H and O–H groups in total. The van der Waals surface area contributed by atoms with Crippen molar-refractivity contribution in [3.8, 4) is 0 Å². The van der Waals surface area contributed by atoms with Crippen LogP contribution in [0.2, 0.25) is 0 Å². The van der Waals surface area contributed by atoms with Gasteiger partial charge >= 0.3 is 11.9 Å². The number of nitrogens with zero attached hydrogens (tertiary/aromatic N) is 4. The van der Waals surface area contributed by atoms with Gasteiger partial charge in [-0.1, -0.05) is 12.1 Å². The molecule has 1 atom stereocenters. The number of nitrogens with one attached hydrogen (secondary N) is 2. The van der Waals surface area contributed by atoms with E-state index in [0.717, 1.165) is 15.5 Å². The molecule has 1 unspecified atom stereocenters. The Morgan fingerprint density at radius 3 is 2.41 bits per heavy atom. The van der Waals surface area contributed by atoms with Crippen molar-refractivity contribution >= 4 is 46.1 Å². The second-order valence-corrected chi connectivity index (χ2v) is 9.69. The third-order valence-electron chi connectivity index (χ3n) is 5.25. The number of H-pyrrole nitrogens is 1. The molecule has 1 aromatic carbocycles. The van der Waals surface area contributed by atoms with Crippen molar-refractivity contribution in [2.75, 3.05) is 24.4 Å². The Balaban J connectivity index is 1.69. The van der Waals surface area contributed by atoms with Gasteiger partial charge in [-0.3, -0.25) is 28.6 Å². The lowest BCUT2D eigenvalue weighted by Crippen LogP contribution is -2.49. The Bertz CT molecular complexity index is 1200. The third-order valence-corrected chi connectivity index (χ3v) is 6.43. The maximum atomic E-state index is 12.7. The molecule has 0 radical (unpaired) electrons. The van der Waals surface area contributed by atoms with Gasteiger partial charge in [0, 0.05) is 23.8 Å². The topological polar surface area (TPSA) is 180 Å². The molecule has 13 nitrogen and oxygen atoms in total. The van der Waals surface area contributed by atoms with Crippen LogP contribution in [0.3, 0.4) is 0 Å². The van der Waals surface area contributed by atoms with E-state index in [-0.39, 0.29) is 6.54 Å². The minimum atomic E-state index is -2.14. The first kappa shape index (κ1) is 27.9. The first-order valence-electron chi connectivity index (χ1n) is 11.0. The Kier molecular flexibility index (Phi) is 10.3. The minimum Gasteiger partial charge on any atom is -0.480 e. The number of aromatic nitrogens is 3. The van der Waals surface area contributed by atoms with Crippen molar-refractivity contribution in [3.63, 3.8) is 0 Å². The van der Waals surface area contributed by atoms with Gasteiger partial charge in [0.2, 0.25) is 0 Å². The number of anilines is 1. The summed E-state index contributed by atoms with van der Waals surface area (Å²) in [5.41, 5.74) is 1.55. The number of carboxylic acid groups (broad SMARTS) is 2. The van der Waals surface area contributed by atoms with E-state index in [4.69, 9.17) is 14.8 Å². The molecule has 3 aromatic rings. The predicted molar refractivity (Wildman–Crippen MR) is 134 cm³/mol. The van der Waals surface area contributed by atoms with Gasteiger partial charge in [-0.15, -0.1) is 11.3 Å². The number of carbonyl (C=O) groups excluding carboxylic acids is 1. The smallest absolute Gasteiger partial charge is 0.323 e. The average molecular weight is 552 g/mol. The largest absolute Gasteiger partial charge is 0.480 e. The van der Waals surface area contributed by atoms with Crippen LogP contribution in [-0.4, -0.2) is 76.2 Å². The lowest BCUT2D eigenvalue weighted by molar-refractivity contribution is -0.692. The molecule has 0 aliphatic carbocycles. The lowest BCUT2D eigenvalue weighted by atomic mass is 10.1. The third kappa shape index (κ3) is 9.38. The van der Waals surface area contributed by atoms with E-state index in [0.29, 0.717) is 37.6 Å². The quantitative estimate of drug-likeness (QED) is 0.133. The van der Waals surface area contributed by atoms with Gasteiger partial charge in [-0.05, 0) is 24.1 Å². The van der Waals surface area contributed by atoms with E-state index in [1.807, 2.05) is 17.5 Å². The van der Waals surface area contributed by atoms with Crippen molar-refractivity contribution in [1.82, 2.24) is 19.8 Å². The SMILES string of the molecule is O=C(O)CN(CC(=O)O)C(=O)C[n+]1cc[nH]c1CN(CCc1ccc(NS(=O)O)cc1)Cc1nccs1. The predicted octanol–water partition coefficient (Wildman–Crippen LogP) is 0.550. The number of thiazole rings is 1. The number of benzene rings is 1. The number of aromatic amines is 1. The van der Waals surface area contributed by atoms with Gasteiger partial charge in [0.15, 0.2) is 6.54 Å². The standard InChI is InChI=1S/C22H26N6O7S2/c29-20(28(14-21(30)31)15-22(32)33)13-27-9-6-23-18(27)11-26(12-19-24-7-10-36-19)8-5-16-1-3-17(4-2-16)25-37(34)35/h1-4,6-7,9-10,25H,5,8,11-15H2,(H3,30,31,32,33,34,35)/p+1. The highest BCUT2D eigenvalue weighted by Crippen LogP contribution is 2.14. The van der Waals surface area contributed by atoms with Crippen LogP contribution >= 0.6 is 11.3 Å². The summed E-state index contributed by atoms with van der Waals surface area (Å²) < 4.78 is 23.9. The van der Waals surface area contributed by atoms with Gasteiger partial charge in [-0.25, -0.2) is 18.7 Å². The molecule has 0 aliphatic rings. The van der Waals surface area contributed by atoms with E-state index in [1.54, 1.807) is 35.3 Å². The van der Waals surface area contributed by atoms with E-state index >= 15 is 0 Å². The zero-order valence-corrected chi connectivity index (χ0v) is 21.3. The highest BCUT2D eigenvalue weighted by molar-refractivity contribution is 7.80. The molecule has 2 heterocycles. The van der Waals surface area contributed by atoms with E-state index in [9.17, 15) is 18.6 Å². The monoisotopic (exact) mass is 551 g/mol. The Labute approximate surface area is 218 Å². The van der Waals surface area contributed by atoms with E-state index in [1.165, 1.54) is 11.3 Å². The van der Waals surface area contributed by atoms with Crippen LogP contribution in [0.5, 0.6) is 0 Å². The van der Waals surface area contributed by atoms with Crippen LogP contribution < -0.4 is 9.29 Å². The number of carbonyl (C=O) groups is 3. The fraction of sp³-hybridized carbons (Fsp3) is 0.318. The maximum Gasteiger partial charge on any atom is 0.323 e. The van der Waals surface area contributed by atoms with Gasteiger partial charge in [-0.2, -0.15) is 0 Å². The molecule has 0 bridgehead atoms. The Morgan fingerprint density at radius 1 is 1.11 bits per heavy atom. The van der Waals surface area contributed by atoms with Crippen LogP contribution in [0.25, 0.3) is 0 Å². The number of hydrogen-bond acceptors (Lipinski definition) is 7. The molecule has 198 valence electrons. The van der Waals surface area contributed by atoms with Gasteiger partial charge < -0.3 is 15.1 Å². The number of aliphatic carboxylic acids is 2. The van der Waals surface area contributed by atoms with Crippen LogP contribution in [0, 0.1) is 0 Å². The molecule has 0 fully saturated rings. The normalized spacial score (nSPS) is 11.8.